The fourth-order valence-corrected chi connectivity index (χ4v) is 5.14. The summed E-state index contributed by atoms with van der Waals surface area (Å²) in [4.78, 5) is 16.1. The molecule has 0 saturated carbocycles. The van der Waals surface area contributed by atoms with Gasteiger partial charge >= 0.3 is 0 Å². The summed E-state index contributed by atoms with van der Waals surface area (Å²) >= 11 is 9.27. The van der Waals surface area contributed by atoms with E-state index in [9.17, 15) is 4.79 Å². The van der Waals surface area contributed by atoms with E-state index < -0.39 is 0 Å². The predicted molar refractivity (Wildman–Crippen MR) is 121 cm³/mol. The van der Waals surface area contributed by atoms with Crippen LogP contribution >= 0.6 is 34.7 Å². The number of amides is 1. The molecule has 2 aromatic heterocycles. The van der Waals surface area contributed by atoms with Crippen molar-refractivity contribution >= 4 is 52.1 Å². The summed E-state index contributed by atoms with van der Waals surface area (Å²) < 4.78 is 0. The third kappa shape index (κ3) is 5.29. The van der Waals surface area contributed by atoms with E-state index in [1.165, 1.54) is 5.56 Å². The van der Waals surface area contributed by atoms with E-state index in [2.05, 4.69) is 43.3 Å². The number of halogens is 1. The highest BCUT2D eigenvalue weighted by Gasteiger charge is 2.26. The zero-order chi connectivity index (χ0) is 20.1. The summed E-state index contributed by atoms with van der Waals surface area (Å²) in [5, 5.41) is 15.8. The van der Waals surface area contributed by atoms with Crippen LogP contribution in [0, 0.1) is 5.92 Å². The van der Waals surface area contributed by atoms with Crippen molar-refractivity contribution in [1.82, 2.24) is 10.2 Å². The van der Waals surface area contributed by atoms with Crippen molar-refractivity contribution in [2.45, 2.75) is 23.5 Å². The largest absolute Gasteiger partial charge is 0.355 e. The van der Waals surface area contributed by atoms with Gasteiger partial charge in [-0.15, -0.1) is 22.0 Å². The molecule has 8 heteroatoms. The number of carbonyl (C=O) groups is 1. The lowest BCUT2D eigenvalue weighted by molar-refractivity contribution is -0.120. The second-order valence-electron chi connectivity index (χ2n) is 6.88. The van der Waals surface area contributed by atoms with Gasteiger partial charge in [-0.3, -0.25) is 4.79 Å². The highest BCUT2D eigenvalue weighted by molar-refractivity contribution is 7.98. The number of nitrogens with zero attached hydrogens (tertiary/aromatic N) is 3. The monoisotopic (exact) mass is 444 g/mol. The minimum absolute atomic E-state index is 0.00133. The molecule has 150 valence electrons. The van der Waals surface area contributed by atoms with Crippen molar-refractivity contribution in [3.63, 3.8) is 0 Å². The Balaban J connectivity index is 1.33. The maximum Gasteiger partial charge on any atom is 0.227 e. The van der Waals surface area contributed by atoms with Crippen LogP contribution in [0.25, 0.3) is 0 Å². The number of thiophene rings is 1. The van der Waals surface area contributed by atoms with E-state index in [0.717, 1.165) is 48.1 Å². The molecule has 0 atom stereocenters. The molecule has 0 spiro atoms. The molecule has 1 saturated heterocycles. The van der Waals surface area contributed by atoms with E-state index in [-0.39, 0.29) is 11.8 Å². The second kappa shape index (κ2) is 9.61. The maximum atomic E-state index is 12.9. The average molecular weight is 445 g/mol. The fraction of sp³-hybridized carbons (Fsp3) is 0.286. The van der Waals surface area contributed by atoms with Gasteiger partial charge in [0.1, 0.15) is 0 Å². The molecule has 29 heavy (non-hydrogen) atoms. The van der Waals surface area contributed by atoms with Crippen LogP contribution in [0.2, 0.25) is 5.15 Å². The molecule has 1 N–H and O–H groups in total. The predicted octanol–water partition coefficient (Wildman–Crippen LogP) is 5.34. The molecule has 5 nitrogen and oxygen atoms in total. The van der Waals surface area contributed by atoms with Crippen molar-refractivity contribution in [2.24, 2.45) is 5.92 Å². The van der Waals surface area contributed by atoms with Crippen LogP contribution in [0.5, 0.6) is 0 Å². The number of rotatable bonds is 6. The second-order valence-corrected chi connectivity index (χ2v) is 9.07. The number of benzene rings is 1. The van der Waals surface area contributed by atoms with Crippen molar-refractivity contribution in [3.8, 4) is 0 Å². The average Bonchev–Trinajstić information content (AvgIpc) is 3.27. The Kier molecular flexibility index (Phi) is 6.69. The Morgan fingerprint density at radius 1 is 1.17 bits per heavy atom. The topological polar surface area (TPSA) is 58.1 Å². The van der Waals surface area contributed by atoms with Gasteiger partial charge in [0.05, 0.1) is 5.69 Å². The molecule has 1 aliphatic rings. The molecule has 1 aromatic carbocycles. The first-order chi connectivity index (χ1) is 14.2. The van der Waals surface area contributed by atoms with Gasteiger partial charge in [-0.05, 0) is 59.5 Å². The zero-order valence-electron chi connectivity index (χ0n) is 15.8. The van der Waals surface area contributed by atoms with Gasteiger partial charge in [0, 0.05) is 29.7 Å². The van der Waals surface area contributed by atoms with Crippen LogP contribution in [-0.4, -0.2) is 29.2 Å². The third-order valence-electron chi connectivity index (χ3n) is 4.93. The van der Waals surface area contributed by atoms with Gasteiger partial charge < -0.3 is 10.2 Å². The first kappa shape index (κ1) is 20.2. The van der Waals surface area contributed by atoms with Gasteiger partial charge in [-0.25, -0.2) is 0 Å². The first-order valence-electron chi connectivity index (χ1n) is 9.47. The van der Waals surface area contributed by atoms with E-state index in [1.54, 1.807) is 29.2 Å². The molecule has 0 aliphatic carbocycles. The standard InChI is InChI=1S/C21H21ClN4OS2/c22-19-5-6-20(25-24-19)26-10-7-16(8-11-26)21(27)23-17-3-1-2-4-18(17)29-14-15-9-12-28-13-15/h1-6,9,12-13,16H,7-8,10-11,14H2,(H,23,27). The number of aromatic nitrogens is 2. The molecule has 3 heterocycles. The van der Waals surface area contributed by atoms with Crippen LogP contribution in [0.3, 0.4) is 0 Å². The van der Waals surface area contributed by atoms with Crippen LogP contribution < -0.4 is 10.2 Å². The number of thioether (sulfide) groups is 1. The zero-order valence-corrected chi connectivity index (χ0v) is 18.1. The molecule has 4 rings (SSSR count). The summed E-state index contributed by atoms with van der Waals surface area (Å²) in [6.45, 7) is 1.56. The number of piperidine rings is 1. The Hall–Kier alpha value is -2.09. The number of anilines is 2. The quantitative estimate of drug-likeness (QED) is 0.520. The van der Waals surface area contributed by atoms with E-state index in [1.807, 2.05) is 24.3 Å². The SMILES string of the molecule is O=C(Nc1ccccc1SCc1ccsc1)C1CCN(c2ccc(Cl)nn2)CC1. The highest BCUT2D eigenvalue weighted by Crippen LogP contribution is 2.31. The molecule has 3 aromatic rings. The van der Waals surface area contributed by atoms with E-state index in [4.69, 9.17) is 11.6 Å². The Morgan fingerprint density at radius 2 is 2.00 bits per heavy atom. The molecular formula is C21H21ClN4OS2. The third-order valence-corrected chi connectivity index (χ3v) is 7.01. The van der Waals surface area contributed by atoms with Crippen molar-refractivity contribution < 1.29 is 4.79 Å². The Bertz CT molecular complexity index is 942. The van der Waals surface area contributed by atoms with Crippen LogP contribution in [0.1, 0.15) is 18.4 Å². The maximum absolute atomic E-state index is 12.9. The Labute approximate surface area is 183 Å². The summed E-state index contributed by atoms with van der Waals surface area (Å²) in [5.41, 5.74) is 2.20. The molecular weight excluding hydrogens is 424 g/mol. The normalized spacial score (nSPS) is 14.7. The van der Waals surface area contributed by atoms with Crippen LogP contribution in [0.15, 0.2) is 58.1 Å². The lowest BCUT2D eigenvalue weighted by Crippen LogP contribution is -2.38. The summed E-state index contributed by atoms with van der Waals surface area (Å²) in [6.07, 6.45) is 1.58. The van der Waals surface area contributed by atoms with Gasteiger partial charge in [-0.2, -0.15) is 11.3 Å². The van der Waals surface area contributed by atoms with Gasteiger partial charge in [0.25, 0.3) is 0 Å². The molecule has 1 amide bonds. The number of nitrogens with one attached hydrogen (secondary N) is 1. The smallest absolute Gasteiger partial charge is 0.227 e. The minimum Gasteiger partial charge on any atom is -0.355 e. The number of hydrogen-bond donors (Lipinski definition) is 1. The Morgan fingerprint density at radius 3 is 2.72 bits per heavy atom. The van der Waals surface area contributed by atoms with Crippen molar-refractivity contribution in [2.75, 3.05) is 23.3 Å². The summed E-state index contributed by atoms with van der Waals surface area (Å²) in [5.74, 6) is 1.80. The van der Waals surface area contributed by atoms with Gasteiger partial charge in [0.2, 0.25) is 5.91 Å². The van der Waals surface area contributed by atoms with Crippen LogP contribution in [-0.2, 0) is 10.5 Å². The van der Waals surface area contributed by atoms with Gasteiger partial charge in [-0.1, -0.05) is 23.7 Å². The fourth-order valence-electron chi connectivity index (χ4n) is 3.31. The van der Waals surface area contributed by atoms with Gasteiger partial charge in [0.15, 0.2) is 11.0 Å². The van der Waals surface area contributed by atoms with Crippen molar-refractivity contribution in [1.29, 1.82) is 0 Å². The lowest BCUT2D eigenvalue weighted by atomic mass is 9.96. The number of para-hydroxylation sites is 1. The number of hydrogen-bond acceptors (Lipinski definition) is 6. The number of carbonyl (C=O) groups excluding carboxylic acids is 1. The summed E-state index contributed by atoms with van der Waals surface area (Å²) in [7, 11) is 0. The van der Waals surface area contributed by atoms with Crippen molar-refractivity contribution in [3.05, 3.63) is 63.9 Å². The molecule has 0 bridgehead atoms. The summed E-state index contributed by atoms with van der Waals surface area (Å²) in [6, 6.07) is 13.8. The molecule has 0 unspecified atom stereocenters. The molecule has 1 aliphatic heterocycles. The van der Waals surface area contributed by atoms with E-state index in [0.29, 0.717) is 5.15 Å². The van der Waals surface area contributed by atoms with E-state index >= 15 is 0 Å². The molecule has 0 radical (unpaired) electrons. The first-order valence-corrected chi connectivity index (χ1v) is 11.8. The minimum atomic E-state index is 0.00133. The highest BCUT2D eigenvalue weighted by atomic mass is 35.5. The molecule has 1 fully saturated rings. The van der Waals surface area contributed by atoms with Crippen LogP contribution in [0.4, 0.5) is 11.5 Å². The lowest BCUT2D eigenvalue weighted by Gasteiger charge is -2.31.